The summed E-state index contributed by atoms with van der Waals surface area (Å²) < 4.78 is 0. The summed E-state index contributed by atoms with van der Waals surface area (Å²) in [5.74, 6) is -0.271. The third-order valence-electron chi connectivity index (χ3n) is 5.02. The van der Waals surface area contributed by atoms with Gasteiger partial charge in [-0.15, -0.1) is 11.3 Å². The van der Waals surface area contributed by atoms with Gasteiger partial charge in [0, 0.05) is 36.4 Å². The normalized spacial score (nSPS) is 10.5. The zero-order valence-corrected chi connectivity index (χ0v) is 19.9. The number of anilines is 4. The van der Waals surface area contributed by atoms with Gasteiger partial charge in [-0.1, -0.05) is 37.1 Å². The predicted octanol–water partition coefficient (Wildman–Crippen LogP) is 5.27. The lowest BCUT2D eigenvalue weighted by Gasteiger charge is -2.07. The van der Waals surface area contributed by atoms with Gasteiger partial charge in [0.15, 0.2) is 5.13 Å². The first kappa shape index (κ1) is 24.9. The van der Waals surface area contributed by atoms with Gasteiger partial charge >= 0.3 is 0 Å². The van der Waals surface area contributed by atoms with E-state index in [9.17, 15) is 14.4 Å². The van der Waals surface area contributed by atoms with Gasteiger partial charge in [-0.2, -0.15) is 0 Å². The van der Waals surface area contributed by atoms with Crippen LogP contribution in [0, 0.1) is 0 Å². The van der Waals surface area contributed by atoms with Crippen molar-refractivity contribution >= 4 is 51.3 Å². The molecule has 0 atom stereocenters. The van der Waals surface area contributed by atoms with E-state index >= 15 is 0 Å². The smallest absolute Gasteiger partial charge is 0.226 e. The van der Waals surface area contributed by atoms with E-state index in [1.165, 1.54) is 18.3 Å². The topological polar surface area (TPSA) is 126 Å². The van der Waals surface area contributed by atoms with Crippen molar-refractivity contribution < 1.29 is 14.4 Å². The second-order valence-electron chi connectivity index (χ2n) is 7.90. The minimum Gasteiger partial charge on any atom is -0.397 e. The molecule has 178 valence electrons. The third-order valence-corrected chi connectivity index (χ3v) is 5.78. The summed E-state index contributed by atoms with van der Waals surface area (Å²) in [7, 11) is 0. The lowest BCUT2D eigenvalue weighted by Crippen LogP contribution is -2.12. The van der Waals surface area contributed by atoms with Gasteiger partial charge in [-0.3, -0.25) is 14.4 Å². The molecule has 0 spiro atoms. The number of carbonyl (C=O) groups excluding carboxylic acids is 3. The van der Waals surface area contributed by atoms with Gasteiger partial charge in [0.25, 0.3) is 0 Å². The monoisotopic (exact) mass is 479 g/mol. The highest BCUT2D eigenvalue weighted by molar-refractivity contribution is 7.14. The van der Waals surface area contributed by atoms with E-state index in [1.54, 1.807) is 12.1 Å². The van der Waals surface area contributed by atoms with Crippen LogP contribution in [0.25, 0.3) is 11.3 Å². The van der Waals surface area contributed by atoms with Gasteiger partial charge in [0.1, 0.15) is 0 Å². The van der Waals surface area contributed by atoms with Crippen molar-refractivity contribution in [2.45, 2.75) is 45.4 Å². The van der Waals surface area contributed by atoms with Crippen LogP contribution in [0.2, 0.25) is 0 Å². The van der Waals surface area contributed by atoms with Crippen LogP contribution >= 0.6 is 11.3 Å². The van der Waals surface area contributed by atoms with Crippen LogP contribution in [0.3, 0.4) is 0 Å². The number of hydrogen-bond donors (Lipinski definition) is 4. The van der Waals surface area contributed by atoms with E-state index in [1.807, 2.05) is 41.8 Å². The van der Waals surface area contributed by atoms with Gasteiger partial charge in [0.05, 0.1) is 17.1 Å². The maximum atomic E-state index is 12.2. The number of nitrogens with two attached hydrogens (primary N) is 1. The highest BCUT2D eigenvalue weighted by Crippen LogP contribution is 2.27. The Morgan fingerprint density at radius 2 is 1.59 bits per heavy atom. The summed E-state index contributed by atoms with van der Waals surface area (Å²) in [6.07, 6.45) is 4.07. The molecule has 0 radical (unpaired) electrons. The number of carbonyl (C=O) groups is 3. The van der Waals surface area contributed by atoms with Crippen LogP contribution in [0.4, 0.5) is 22.2 Å². The number of hydrogen-bond acceptors (Lipinski definition) is 6. The molecular formula is C25H29N5O3S. The molecule has 0 unspecified atom stereocenters. The Bertz CT molecular complexity index is 1140. The lowest BCUT2D eigenvalue weighted by molar-refractivity contribution is -0.117. The highest BCUT2D eigenvalue weighted by atomic mass is 32.1. The van der Waals surface area contributed by atoms with Crippen molar-refractivity contribution in [1.29, 1.82) is 0 Å². The average molecular weight is 480 g/mol. The van der Waals surface area contributed by atoms with Gasteiger partial charge in [-0.25, -0.2) is 4.98 Å². The fraction of sp³-hybridized carbons (Fsp3) is 0.280. The average Bonchev–Trinajstić information content (AvgIpc) is 3.26. The number of amides is 3. The Labute approximate surface area is 203 Å². The Balaban J connectivity index is 1.34. The number of para-hydroxylation sites is 2. The number of aromatic nitrogens is 1. The van der Waals surface area contributed by atoms with Crippen LogP contribution in [0.5, 0.6) is 0 Å². The number of nitrogens with one attached hydrogen (secondary N) is 3. The van der Waals surface area contributed by atoms with Crippen molar-refractivity contribution in [3.63, 3.8) is 0 Å². The number of benzene rings is 2. The van der Waals surface area contributed by atoms with Gasteiger partial charge < -0.3 is 21.7 Å². The summed E-state index contributed by atoms with van der Waals surface area (Å²) in [6, 6.07) is 14.6. The van der Waals surface area contributed by atoms with E-state index in [0.29, 0.717) is 35.0 Å². The van der Waals surface area contributed by atoms with Crippen LogP contribution in [-0.4, -0.2) is 22.7 Å². The molecule has 1 aromatic heterocycles. The van der Waals surface area contributed by atoms with Crippen LogP contribution in [0.15, 0.2) is 53.9 Å². The van der Waals surface area contributed by atoms with E-state index in [0.717, 1.165) is 36.9 Å². The molecule has 5 N–H and O–H groups in total. The first-order valence-corrected chi connectivity index (χ1v) is 12.1. The molecule has 9 heteroatoms. The first-order valence-electron chi connectivity index (χ1n) is 11.2. The molecule has 0 saturated heterocycles. The molecular weight excluding hydrogens is 450 g/mol. The lowest BCUT2D eigenvalue weighted by atomic mass is 10.1. The largest absolute Gasteiger partial charge is 0.397 e. The van der Waals surface area contributed by atoms with E-state index in [-0.39, 0.29) is 17.7 Å². The molecule has 3 rings (SSSR count). The van der Waals surface area contributed by atoms with Gasteiger partial charge in [0.2, 0.25) is 17.7 Å². The number of unbranched alkanes of at least 4 members (excludes halogenated alkanes) is 3. The molecule has 2 aromatic carbocycles. The van der Waals surface area contributed by atoms with Crippen molar-refractivity contribution in [1.82, 2.24) is 4.98 Å². The third kappa shape index (κ3) is 8.00. The van der Waals surface area contributed by atoms with E-state index in [4.69, 9.17) is 5.73 Å². The summed E-state index contributed by atoms with van der Waals surface area (Å²) in [5.41, 5.74) is 9.31. The molecule has 0 fully saturated rings. The van der Waals surface area contributed by atoms with Crippen LogP contribution in [0.1, 0.15) is 45.4 Å². The SMILES string of the molecule is CC(=O)Nc1cccc(-c2csc(NC(=O)CCCCCCC(=O)Nc3ccccc3N)n2)c1. The Hall–Kier alpha value is -3.72. The number of thiazole rings is 1. The Morgan fingerprint density at radius 3 is 2.29 bits per heavy atom. The fourth-order valence-corrected chi connectivity index (χ4v) is 4.09. The zero-order chi connectivity index (χ0) is 24.3. The van der Waals surface area contributed by atoms with Crippen LogP contribution in [-0.2, 0) is 14.4 Å². The minimum atomic E-state index is -0.135. The molecule has 1 heterocycles. The second kappa shape index (κ2) is 12.5. The summed E-state index contributed by atoms with van der Waals surface area (Å²) in [6.45, 7) is 1.46. The first-order chi connectivity index (χ1) is 16.4. The molecule has 0 aliphatic rings. The van der Waals surface area contributed by atoms with E-state index in [2.05, 4.69) is 20.9 Å². The fourth-order valence-electron chi connectivity index (χ4n) is 3.35. The van der Waals surface area contributed by atoms with Crippen molar-refractivity contribution in [3.05, 3.63) is 53.9 Å². The zero-order valence-electron chi connectivity index (χ0n) is 19.1. The van der Waals surface area contributed by atoms with Crippen molar-refractivity contribution in [2.24, 2.45) is 0 Å². The van der Waals surface area contributed by atoms with Crippen molar-refractivity contribution in [3.8, 4) is 11.3 Å². The molecule has 3 amide bonds. The maximum absolute atomic E-state index is 12.2. The molecule has 0 aliphatic carbocycles. The van der Waals surface area contributed by atoms with Crippen molar-refractivity contribution in [2.75, 3.05) is 21.7 Å². The molecule has 8 nitrogen and oxygen atoms in total. The van der Waals surface area contributed by atoms with E-state index < -0.39 is 0 Å². The minimum absolute atomic E-state index is 0.0576. The number of nitrogens with zero attached hydrogens (tertiary/aromatic N) is 1. The molecule has 0 saturated carbocycles. The maximum Gasteiger partial charge on any atom is 0.226 e. The molecule has 3 aromatic rings. The number of nitrogen functional groups attached to an aromatic ring is 1. The quantitative estimate of drug-likeness (QED) is 0.220. The standard InChI is InChI=1S/C25H29N5O3S/c1-17(31)27-19-10-8-9-18(15-19)22-16-34-25(29-22)30-24(33)14-5-3-2-4-13-23(32)28-21-12-7-6-11-20(21)26/h6-12,15-16H,2-5,13-14,26H2,1H3,(H,27,31)(H,28,32)(H,29,30,33). The highest BCUT2D eigenvalue weighted by Gasteiger charge is 2.09. The summed E-state index contributed by atoms with van der Waals surface area (Å²) in [4.78, 5) is 40.0. The Kier molecular flexibility index (Phi) is 9.16. The summed E-state index contributed by atoms with van der Waals surface area (Å²) >= 11 is 1.36. The number of rotatable bonds is 11. The second-order valence-corrected chi connectivity index (χ2v) is 8.76. The molecule has 34 heavy (non-hydrogen) atoms. The summed E-state index contributed by atoms with van der Waals surface area (Å²) in [5, 5.41) is 10.8. The van der Waals surface area contributed by atoms with Crippen LogP contribution < -0.4 is 21.7 Å². The molecule has 0 bridgehead atoms. The predicted molar refractivity (Wildman–Crippen MR) is 138 cm³/mol. The van der Waals surface area contributed by atoms with Gasteiger partial charge in [-0.05, 0) is 37.1 Å². The Morgan fingerprint density at radius 1 is 0.882 bits per heavy atom. The molecule has 0 aliphatic heterocycles.